The van der Waals surface area contributed by atoms with E-state index < -0.39 is 16.2 Å². The van der Waals surface area contributed by atoms with Crippen molar-refractivity contribution in [2.24, 2.45) is 11.8 Å². The number of hydrogen-bond donors (Lipinski definition) is 2. The highest BCUT2D eigenvalue weighted by atomic mass is 16.6. The molecule has 1 aromatic carbocycles. The fourth-order valence-corrected chi connectivity index (χ4v) is 3.21. The van der Waals surface area contributed by atoms with E-state index in [0.29, 0.717) is 31.7 Å². The van der Waals surface area contributed by atoms with Crippen molar-refractivity contribution in [3.63, 3.8) is 0 Å². The van der Waals surface area contributed by atoms with Gasteiger partial charge in [0.2, 0.25) is 0 Å². The smallest absolute Gasteiger partial charge is 0.330 e. The van der Waals surface area contributed by atoms with Gasteiger partial charge in [-0.15, -0.1) is 0 Å². The average molecular weight is 403 g/mol. The molecule has 158 valence electrons. The van der Waals surface area contributed by atoms with Crippen molar-refractivity contribution in [1.29, 1.82) is 0 Å². The predicted molar refractivity (Wildman–Crippen MR) is 114 cm³/mol. The van der Waals surface area contributed by atoms with E-state index in [1.807, 2.05) is 32.6 Å². The Morgan fingerprint density at radius 2 is 1.76 bits per heavy atom. The predicted octanol–water partition coefficient (Wildman–Crippen LogP) is 2.39. The second-order valence-corrected chi connectivity index (χ2v) is 8.01. The zero-order valence-corrected chi connectivity index (χ0v) is 17.3. The lowest BCUT2D eigenvalue weighted by Crippen LogP contribution is -2.41. The number of nitrogen functional groups attached to an aromatic ring is 1. The van der Waals surface area contributed by atoms with Crippen molar-refractivity contribution in [2.75, 3.05) is 23.7 Å². The molecule has 0 amide bonds. The van der Waals surface area contributed by atoms with Crippen molar-refractivity contribution in [2.45, 2.75) is 40.7 Å². The summed E-state index contributed by atoms with van der Waals surface area (Å²) in [5.41, 5.74) is 6.49. The molecule has 0 aliphatic heterocycles. The lowest BCUT2D eigenvalue weighted by atomic mass is 10.1. The van der Waals surface area contributed by atoms with Gasteiger partial charge in [0.15, 0.2) is 0 Å². The van der Waals surface area contributed by atoms with Crippen LogP contribution in [0.2, 0.25) is 0 Å². The van der Waals surface area contributed by atoms with Crippen molar-refractivity contribution in [3.05, 3.63) is 60.8 Å². The van der Waals surface area contributed by atoms with E-state index in [4.69, 9.17) is 5.73 Å². The number of nitrogens with one attached hydrogen (secondary N) is 1. The number of nitro benzene ring substituents is 1. The van der Waals surface area contributed by atoms with Crippen molar-refractivity contribution in [3.8, 4) is 0 Å². The number of nitrogens with zero attached hydrogens (tertiary/aromatic N) is 3. The molecule has 0 radical (unpaired) electrons. The summed E-state index contributed by atoms with van der Waals surface area (Å²) in [5.74, 6) is 0.611. The summed E-state index contributed by atoms with van der Waals surface area (Å²) in [5, 5.41) is 10.8. The first-order valence-corrected chi connectivity index (χ1v) is 9.71. The van der Waals surface area contributed by atoms with Crippen molar-refractivity contribution < 1.29 is 4.92 Å². The molecule has 1 heterocycles. The number of rotatable bonds is 9. The van der Waals surface area contributed by atoms with Crippen LogP contribution in [0.4, 0.5) is 17.2 Å². The SMILES string of the molecule is CC(C)CN(CCc1ccc([N+](=O)[O-])cc1)c1c(N)n(CC(C)C)c(=O)[nH]c1=O. The zero-order valence-electron chi connectivity index (χ0n) is 17.3. The van der Waals surface area contributed by atoms with Crippen molar-refractivity contribution >= 4 is 17.2 Å². The Balaban J connectivity index is 2.35. The number of nitrogens with two attached hydrogens (primary N) is 1. The van der Waals surface area contributed by atoms with E-state index in [1.165, 1.54) is 16.7 Å². The Labute approximate surface area is 169 Å². The average Bonchev–Trinajstić information content (AvgIpc) is 2.62. The number of nitro groups is 1. The molecule has 0 bridgehead atoms. The minimum atomic E-state index is -0.509. The number of aromatic amines is 1. The van der Waals surface area contributed by atoms with Gasteiger partial charge in [-0.3, -0.25) is 24.5 Å². The highest BCUT2D eigenvalue weighted by Crippen LogP contribution is 2.20. The molecule has 0 aliphatic rings. The largest absolute Gasteiger partial charge is 0.383 e. The second kappa shape index (κ2) is 9.40. The van der Waals surface area contributed by atoms with Gasteiger partial charge in [0.1, 0.15) is 11.5 Å². The fourth-order valence-electron chi connectivity index (χ4n) is 3.21. The van der Waals surface area contributed by atoms with Gasteiger partial charge in [-0.2, -0.15) is 0 Å². The third-order valence-corrected chi connectivity index (χ3v) is 4.48. The van der Waals surface area contributed by atoms with Gasteiger partial charge < -0.3 is 10.6 Å². The summed E-state index contributed by atoms with van der Waals surface area (Å²) < 4.78 is 1.40. The Hall–Kier alpha value is -3.10. The van der Waals surface area contributed by atoms with Gasteiger partial charge in [0, 0.05) is 31.8 Å². The fraction of sp³-hybridized carbons (Fsp3) is 0.500. The van der Waals surface area contributed by atoms with Crippen LogP contribution in [-0.2, 0) is 13.0 Å². The highest BCUT2D eigenvalue weighted by molar-refractivity contribution is 5.62. The van der Waals surface area contributed by atoms with Crippen LogP contribution in [-0.4, -0.2) is 27.6 Å². The van der Waals surface area contributed by atoms with Gasteiger partial charge in [-0.25, -0.2) is 4.79 Å². The molecule has 2 aromatic rings. The third kappa shape index (κ3) is 5.69. The Morgan fingerprint density at radius 3 is 2.28 bits per heavy atom. The van der Waals surface area contributed by atoms with Crippen LogP contribution in [0, 0.1) is 22.0 Å². The number of anilines is 2. The quantitative estimate of drug-likeness (QED) is 0.489. The standard InChI is InChI=1S/C20H29N5O4/c1-13(2)11-23(10-9-15-5-7-16(8-6-15)25(28)29)17-18(21)24(12-14(3)4)20(27)22-19(17)26/h5-8,13-14H,9-12,21H2,1-4H3,(H,22,26,27). The lowest BCUT2D eigenvalue weighted by Gasteiger charge is -2.28. The Kier molecular flexibility index (Phi) is 7.19. The molecule has 2 rings (SSSR count). The van der Waals surface area contributed by atoms with E-state index in [2.05, 4.69) is 4.98 Å². The first kappa shape index (κ1) is 22.2. The summed E-state index contributed by atoms with van der Waals surface area (Å²) in [6.45, 7) is 9.49. The Bertz CT molecular complexity index is 960. The minimum absolute atomic E-state index is 0.0363. The molecule has 9 nitrogen and oxygen atoms in total. The van der Waals surface area contributed by atoms with E-state index in [-0.39, 0.29) is 23.3 Å². The van der Waals surface area contributed by atoms with Crippen LogP contribution in [0.15, 0.2) is 33.9 Å². The monoisotopic (exact) mass is 403 g/mol. The third-order valence-electron chi connectivity index (χ3n) is 4.48. The zero-order chi connectivity index (χ0) is 21.7. The van der Waals surface area contributed by atoms with Crippen LogP contribution >= 0.6 is 0 Å². The highest BCUT2D eigenvalue weighted by Gasteiger charge is 2.20. The maximum absolute atomic E-state index is 12.6. The molecular weight excluding hydrogens is 374 g/mol. The van der Waals surface area contributed by atoms with Crippen molar-refractivity contribution in [1.82, 2.24) is 9.55 Å². The molecule has 0 aliphatic carbocycles. The summed E-state index contributed by atoms with van der Waals surface area (Å²) in [6.07, 6.45) is 0.576. The van der Waals surface area contributed by atoms with Crippen LogP contribution in [0.3, 0.4) is 0 Å². The van der Waals surface area contributed by atoms with Crippen LogP contribution in [0.5, 0.6) is 0 Å². The number of non-ortho nitro benzene ring substituents is 1. The molecule has 0 saturated carbocycles. The molecule has 0 fully saturated rings. The normalized spacial score (nSPS) is 11.2. The molecule has 1 aromatic heterocycles. The first-order valence-electron chi connectivity index (χ1n) is 9.71. The molecule has 29 heavy (non-hydrogen) atoms. The molecule has 0 unspecified atom stereocenters. The second-order valence-electron chi connectivity index (χ2n) is 8.01. The van der Waals surface area contributed by atoms with Gasteiger partial charge in [0.05, 0.1) is 4.92 Å². The van der Waals surface area contributed by atoms with E-state index in [1.54, 1.807) is 12.1 Å². The minimum Gasteiger partial charge on any atom is -0.383 e. The summed E-state index contributed by atoms with van der Waals surface area (Å²) in [7, 11) is 0. The summed E-state index contributed by atoms with van der Waals surface area (Å²) >= 11 is 0. The van der Waals surface area contributed by atoms with Crippen LogP contribution in [0.1, 0.15) is 33.3 Å². The van der Waals surface area contributed by atoms with Gasteiger partial charge in [-0.1, -0.05) is 39.8 Å². The Morgan fingerprint density at radius 1 is 1.14 bits per heavy atom. The van der Waals surface area contributed by atoms with Gasteiger partial charge in [-0.05, 0) is 23.8 Å². The number of hydrogen-bond acceptors (Lipinski definition) is 6. The lowest BCUT2D eigenvalue weighted by molar-refractivity contribution is -0.384. The number of benzene rings is 1. The van der Waals surface area contributed by atoms with Gasteiger partial charge in [0.25, 0.3) is 11.2 Å². The van der Waals surface area contributed by atoms with Crippen LogP contribution in [0.25, 0.3) is 0 Å². The molecule has 0 atom stereocenters. The number of H-pyrrole nitrogens is 1. The first-order chi connectivity index (χ1) is 13.6. The van der Waals surface area contributed by atoms with Crippen LogP contribution < -0.4 is 21.9 Å². The maximum Gasteiger partial charge on any atom is 0.330 e. The maximum atomic E-state index is 12.6. The summed E-state index contributed by atoms with van der Waals surface area (Å²) in [4.78, 5) is 39.4. The molecule has 0 spiro atoms. The summed E-state index contributed by atoms with van der Waals surface area (Å²) in [6, 6.07) is 6.34. The van der Waals surface area contributed by atoms with E-state index >= 15 is 0 Å². The van der Waals surface area contributed by atoms with E-state index in [0.717, 1.165) is 5.56 Å². The molecular formula is C20H29N5O4. The van der Waals surface area contributed by atoms with Gasteiger partial charge >= 0.3 is 5.69 Å². The topological polar surface area (TPSA) is 127 Å². The molecule has 0 saturated heterocycles. The molecule has 3 N–H and O–H groups in total. The van der Waals surface area contributed by atoms with E-state index in [9.17, 15) is 19.7 Å². The number of aromatic nitrogens is 2. The molecule has 9 heteroatoms.